The van der Waals surface area contributed by atoms with E-state index in [0.717, 1.165) is 23.2 Å². The summed E-state index contributed by atoms with van der Waals surface area (Å²) in [5.41, 5.74) is 8.81. The summed E-state index contributed by atoms with van der Waals surface area (Å²) >= 11 is 0. The minimum Gasteiger partial charge on any atom is -0.498 e. The first-order chi connectivity index (χ1) is 14.1. The second-order valence-electron chi connectivity index (χ2n) is 9.32. The van der Waals surface area contributed by atoms with Gasteiger partial charge in [-0.3, -0.25) is 9.38 Å². The van der Waals surface area contributed by atoms with Gasteiger partial charge < -0.3 is 15.6 Å². The van der Waals surface area contributed by atoms with Gasteiger partial charge >= 0.3 is 0 Å². The second-order valence-corrected chi connectivity index (χ2v) is 9.32. The summed E-state index contributed by atoms with van der Waals surface area (Å²) in [6, 6.07) is 13.1. The zero-order valence-corrected chi connectivity index (χ0v) is 18.3. The van der Waals surface area contributed by atoms with Crippen molar-refractivity contribution in [2.75, 3.05) is 19.6 Å². The third-order valence-corrected chi connectivity index (χ3v) is 6.50. The van der Waals surface area contributed by atoms with E-state index >= 15 is 0 Å². The van der Waals surface area contributed by atoms with E-state index in [4.69, 9.17) is 5.73 Å². The average Bonchev–Trinajstić information content (AvgIpc) is 2.67. The molecule has 2 atom stereocenters. The normalized spacial score (nSPS) is 22.8. The second kappa shape index (κ2) is 8.46. The average molecular weight is 414 g/mol. The Morgan fingerprint density at radius 2 is 1.93 bits per heavy atom. The smallest absolute Gasteiger partial charge is 0.258 e. The summed E-state index contributed by atoms with van der Waals surface area (Å²) in [4.78, 5) is 14.4. The molecule has 0 radical (unpaired) electrons. The molecule has 1 unspecified atom stereocenters. The number of hydrogen-bond donors (Lipinski definition) is 1. The number of halogens is 1. The van der Waals surface area contributed by atoms with E-state index in [1.807, 2.05) is 39.8 Å². The molecule has 0 aromatic heterocycles. The summed E-state index contributed by atoms with van der Waals surface area (Å²) in [7, 11) is 0. The number of rotatable bonds is 4. The van der Waals surface area contributed by atoms with Crippen LogP contribution in [-0.4, -0.2) is 46.7 Å². The van der Waals surface area contributed by atoms with Gasteiger partial charge in [0.1, 0.15) is 11.9 Å². The zero-order valence-electron chi connectivity index (χ0n) is 18.3. The number of nitrogens with two attached hydrogens (primary N) is 1. The number of carboxylic acid groups (broad SMARTS) is 1. The minimum absolute atomic E-state index is 0.0268. The van der Waals surface area contributed by atoms with Crippen LogP contribution >= 0.6 is 0 Å². The Bertz CT molecular complexity index is 925. The number of carbonyl (C=O) groups is 1. The minimum atomic E-state index is -0.997. The van der Waals surface area contributed by atoms with Crippen molar-refractivity contribution in [3.05, 3.63) is 59.4 Å². The first-order valence-corrected chi connectivity index (χ1v) is 10.5. The Balaban J connectivity index is 1.77. The molecule has 1 aliphatic heterocycles. The Hall–Kier alpha value is -2.28. The van der Waals surface area contributed by atoms with Crippen LogP contribution < -0.4 is 10.8 Å². The fraction of sp³-hybridized carbons (Fsp3) is 0.458. The maximum absolute atomic E-state index is 13.8. The van der Waals surface area contributed by atoms with Crippen LogP contribution in [-0.2, 0) is 13.1 Å². The number of piperazine rings is 1. The standard InChI is InChI=1S/C24H32FN3O2/c1-17-15-27(10-11-28(17,23(29)30)24(2,3)4)16-18-6-5-7-19(12-18)20-8-9-22(25)21(13-20)14-26/h5-9,12-13,17H,10-11,14-16,26H2,1-4H3/t17-,28?/m0/s1. The maximum atomic E-state index is 13.8. The third kappa shape index (κ3) is 4.13. The molecule has 2 N–H and O–H groups in total. The van der Waals surface area contributed by atoms with E-state index < -0.39 is 11.6 Å². The van der Waals surface area contributed by atoms with Crippen molar-refractivity contribution in [1.82, 2.24) is 4.90 Å². The number of nitrogens with zero attached hydrogens (tertiary/aromatic N) is 2. The molecular weight excluding hydrogens is 381 g/mol. The van der Waals surface area contributed by atoms with Crippen molar-refractivity contribution in [3.63, 3.8) is 0 Å². The summed E-state index contributed by atoms with van der Waals surface area (Å²) in [5, 5.41) is 12.1. The molecule has 0 bridgehead atoms. The van der Waals surface area contributed by atoms with Crippen molar-refractivity contribution in [2.45, 2.75) is 52.4 Å². The lowest BCUT2D eigenvalue weighted by Crippen LogP contribution is -2.76. The van der Waals surface area contributed by atoms with Crippen molar-refractivity contribution in [2.24, 2.45) is 5.73 Å². The molecule has 0 spiro atoms. The SMILES string of the molecule is C[C@H]1CN(Cc2cccc(-c3ccc(F)c(CN)c3)c2)CC[N+]1(C(=O)[O-])C(C)(C)C. The Morgan fingerprint density at radius 1 is 1.23 bits per heavy atom. The molecule has 30 heavy (non-hydrogen) atoms. The number of hydrogen-bond acceptors (Lipinski definition) is 4. The topological polar surface area (TPSA) is 69.4 Å². The van der Waals surface area contributed by atoms with Gasteiger partial charge in [0.25, 0.3) is 6.09 Å². The molecule has 0 saturated carbocycles. The number of quaternary nitrogens is 1. The molecule has 1 amide bonds. The Morgan fingerprint density at radius 3 is 2.53 bits per heavy atom. The number of amides is 1. The molecule has 6 heteroatoms. The largest absolute Gasteiger partial charge is 0.498 e. The Kier molecular flexibility index (Phi) is 6.32. The lowest BCUT2D eigenvalue weighted by atomic mass is 9.95. The van der Waals surface area contributed by atoms with Gasteiger partial charge in [-0.25, -0.2) is 4.39 Å². The van der Waals surface area contributed by atoms with Gasteiger partial charge in [0.05, 0.1) is 18.6 Å². The molecule has 0 aliphatic carbocycles. The van der Waals surface area contributed by atoms with Gasteiger partial charge in [-0.05, 0) is 62.6 Å². The van der Waals surface area contributed by atoms with Crippen LogP contribution in [0.25, 0.3) is 11.1 Å². The van der Waals surface area contributed by atoms with Crippen molar-refractivity contribution < 1.29 is 18.8 Å². The predicted molar refractivity (Wildman–Crippen MR) is 115 cm³/mol. The van der Waals surface area contributed by atoms with Crippen LogP contribution in [0.1, 0.15) is 38.8 Å². The van der Waals surface area contributed by atoms with E-state index in [2.05, 4.69) is 17.0 Å². The summed E-state index contributed by atoms with van der Waals surface area (Å²) in [6.07, 6.45) is -0.997. The highest BCUT2D eigenvalue weighted by Gasteiger charge is 2.49. The lowest BCUT2D eigenvalue weighted by molar-refractivity contribution is -0.943. The Labute approximate surface area is 178 Å². The molecule has 1 fully saturated rings. The van der Waals surface area contributed by atoms with E-state index in [0.29, 0.717) is 25.2 Å². The lowest BCUT2D eigenvalue weighted by Gasteiger charge is -2.55. The predicted octanol–water partition coefficient (Wildman–Crippen LogP) is 3.11. The molecule has 5 nitrogen and oxygen atoms in total. The maximum Gasteiger partial charge on any atom is 0.258 e. The van der Waals surface area contributed by atoms with E-state index in [-0.39, 0.29) is 22.9 Å². The van der Waals surface area contributed by atoms with Crippen LogP contribution in [0, 0.1) is 5.82 Å². The quantitative estimate of drug-likeness (QED) is 0.782. The first kappa shape index (κ1) is 22.4. The van der Waals surface area contributed by atoms with Crippen molar-refractivity contribution in [1.29, 1.82) is 0 Å². The number of benzene rings is 2. The van der Waals surface area contributed by atoms with Gasteiger partial charge in [-0.15, -0.1) is 0 Å². The summed E-state index contributed by atoms with van der Waals surface area (Å²) in [5.74, 6) is -0.284. The van der Waals surface area contributed by atoms with Crippen LogP contribution in [0.2, 0.25) is 0 Å². The van der Waals surface area contributed by atoms with E-state index in [9.17, 15) is 14.3 Å². The van der Waals surface area contributed by atoms with Crippen LogP contribution in [0.15, 0.2) is 42.5 Å². The molecule has 162 valence electrons. The van der Waals surface area contributed by atoms with Crippen LogP contribution in [0.4, 0.5) is 9.18 Å². The third-order valence-electron chi connectivity index (χ3n) is 6.50. The van der Waals surface area contributed by atoms with Gasteiger partial charge in [0.2, 0.25) is 0 Å². The van der Waals surface area contributed by atoms with Gasteiger partial charge in [-0.1, -0.05) is 24.3 Å². The number of carbonyl (C=O) groups excluding carboxylic acids is 1. The molecule has 3 rings (SSSR count). The van der Waals surface area contributed by atoms with Gasteiger partial charge in [0.15, 0.2) is 0 Å². The van der Waals surface area contributed by atoms with Crippen molar-refractivity contribution >= 4 is 6.09 Å². The highest BCUT2D eigenvalue weighted by Crippen LogP contribution is 2.32. The molecule has 1 saturated heterocycles. The molecule has 1 heterocycles. The van der Waals surface area contributed by atoms with Crippen molar-refractivity contribution in [3.8, 4) is 11.1 Å². The van der Waals surface area contributed by atoms with Gasteiger partial charge in [0, 0.05) is 25.2 Å². The van der Waals surface area contributed by atoms with Gasteiger partial charge in [-0.2, -0.15) is 0 Å². The summed E-state index contributed by atoms with van der Waals surface area (Å²) < 4.78 is 13.8. The van der Waals surface area contributed by atoms with E-state index in [1.165, 1.54) is 6.07 Å². The zero-order chi connectivity index (χ0) is 22.1. The fourth-order valence-corrected chi connectivity index (χ4v) is 4.83. The fourth-order valence-electron chi connectivity index (χ4n) is 4.83. The van der Waals surface area contributed by atoms with Crippen LogP contribution in [0.5, 0.6) is 0 Å². The summed E-state index contributed by atoms with van der Waals surface area (Å²) in [6.45, 7) is 10.7. The monoisotopic (exact) mass is 413 g/mol. The van der Waals surface area contributed by atoms with Crippen LogP contribution in [0.3, 0.4) is 0 Å². The molecular formula is C24H32FN3O2. The first-order valence-electron chi connectivity index (χ1n) is 10.5. The molecule has 2 aromatic carbocycles. The highest BCUT2D eigenvalue weighted by atomic mass is 19.1. The highest BCUT2D eigenvalue weighted by molar-refractivity contribution is 5.65. The molecule has 2 aromatic rings. The van der Waals surface area contributed by atoms with E-state index in [1.54, 1.807) is 12.1 Å². The molecule has 1 aliphatic rings.